The highest BCUT2D eigenvalue weighted by atomic mass is 35.5. The number of anilines is 1. The number of carbonyl (C=O) groups is 3. The van der Waals surface area contributed by atoms with Gasteiger partial charge in [0.05, 0.1) is 4.92 Å². The van der Waals surface area contributed by atoms with E-state index in [4.69, 9.17) is 11.6 Å². The predicted octanol–water partition coefficient (Wildman–Crippen LogP) is 4.71. The SMILES string of the molecule is CCCC(C(=O)NC=O)N1Cc2cc(CNCC3CCN(c4ncc(-c5cccc(Cl)c5)cc4[N+](=O)[O-])CC3)ccc2C1=O. The van der Waals surface area contributed by atoms with Gasteiger partial charge in [-0.2, -0.15) is 0 Å². The first-order valence-electron chi connectivity index (χ1n) is 14.8. The number of imide groups is 1. The molecule has 0 radical (unpaired) electrons. The van der Waals surface area contributed by atoms with Crippen molar-refractivity contribution in [1.29, 1.82) is 0 Å². The lowest BCUT2D eigenvalue weighted by Gasteiger charge is -2.32. The van der Waals surface area contributed by atoms with E-state index in [1.807, 2.05) is 36.1 Å². The van der Waals surface area contributed by atoms with Crippen molar-refractivity contribution in [1.82, 2.24) is 20.5 Å². The molecular formula is C32H35ClN6O5. The van der Waals surface area contributed by atoms with Crippen molar-refractivity contribution in [2.24, 2.45) is 5.92 Å². The predicted molar refractivity (Wildman–Crippen MR) is 167 cm³/mol. The van der Waals surface area contributed by atoms with Crippen molar-refractivity contribution in [3.8, 4) is 11.1 Å². The number of amides is 3. The lowest BCUT2D eigenvalue weighted by atomic mass is 9.96. The molecule has 5 rings (SSSR count). The Hall–Kier alpha value is -4.35. The number of pyridine rings is 1. The van der Waals surface area contributed by atoms with Gasteiger partial charge in [0.15, 0.2) is 0 Å². The van der Waals surface area contributed by atoms with Crippen LogP contribution in [0.5, 0.6) is 0 Å². The Kier molecular flexibility index (Phi) is 9.86. The summed E-state index contributed by atoms with van der Waals surface area (Å²) >= 11 is 6.10. The number of hydrogen-bond donors (Lipinski definition) is 2. The van der Waals surface area contributed by atoms with Crippen molar-refractivity contribution in [2.45, 2.75) is 51.7 Å². The third kappa shape index (κ3) is 6.89. The first-order chi connectivity index (χ1) is 21.3. The molecule has 0 aliphatic carbocycles. The molecule has 3 aromatic rings. The van der Waals surface area contributed by atoms with E-state index >= 15 is 0 Å². The summed E-state index contributed by atoms with van der Waals surface area (Å²) in [5.41, 5.74) is 3.91. The van der Waals surface area contributed by atoms with Gasteiger partial charge >= 0.3 is 5.69 Å². The second kappa shape index (κ2) is 14.0. The number of hydrogen-bond acceptors (Lipinski definition) is 8. The van der Waals surface area contributed by atoms with E-state index in [0.29, 0.717) is 73.3 Å². The fraction of sp³-hybridized carbons (Fsp3) is 0.375. The molecule has 2 aliphatic heterocycles. The number of fused-ring (bicyclic) bond motifs is 1. The standard InChI is InChI=1S/C32H35ClN6O5/c1-2-4-28(31(41)36-20-40)38-19-25-13-22(7-8-27(25)32(38)42)17-34-16-21-9-11-37(12-10-21)30-29(39(43)44)15-24(18-35-30)23-5-3-6-26(33)14-23/h3,5-8,13-15,18,20-21,28,34H,2,4,9-12,16-17,19H2,1H3,(H,36,40,41). The van der Waals surface area contributed by atoms with Gasteiger partial charge in [0.25, 0.3) is 5.91 Å². The fourth-order valence-electron chi connectivity index (χ4n) is 6.03. The molecule has 2 aliphatic rings. The van der Waals surface area contributed by atoms with Crippen LogP contribution in [0.15, 0.2) is 54.7 Å². The second-order valence-electron chi connectivity index (χ2n) is 11.3. The van der Waals surface area contributed by atoms with Gasteiger partial charge in [-0.15, -0.1) is 0 Å². The molecule has 2 aromatic carbocycles. The Morgan fingerprint density at radius 2 is 1.98 bits per heavy atom. The van der Waals surface area contributed by atoms with E-state index in [9.17, 15) is 24.5 Å². The van der Waals surface area contributed by atoms with Crippen molar-refractivity contribution < 1.29 is 19.3 Å². The normalized spacial score (nSPS) is 15.6. The lowest BCUT2D eigenvalue weighted by molar-refractivity contribution is -0.384. The van der Waals surface area contributed by atoms with Crippen LogP contribution in [-0.2, 0) is 22.7 Å². The highest BCUT2D eigenvalue weighted by Crippen LogP contribution is 2.34. The van der Waals surface area contributed by atoms with E-state index in [0.717, 1.165) is 36.1 Å². The molecule has 2 N–H and O–H groups in total. The molecular weight excluding hydrogens is 584 g/mol. The molecule has 44 heavy (non-hydrogen) atoms. The highest BCUT2D eigenvalue weighted by molar-refractivity contribution is 6.30. The topological polar surface area (TPSA) is 138 Å². The molecule has 3 heterocycles. The van der Waals surface area contributed by atoms with Crippen molar-refractivity contribution in [2.75, 3.05) is 24.5 Å². The minimum absolute atomic E-state index is 0.0157. The molecule has 1 unspecified atom stereocenters. The Morgan fingerprint density at radius 1 is 1.18 bits per heavy atom. The van der Waals surface area contributed by atoms with Gasteiger partial charge in [-0.05, 0) is 66.6 Å². The van der Waals surface area contributed by atoms with Gasteiger partial charge < -0.3 is 15.1 Å². The molecule has 230 valence electrons. The van der Waals surface area contributed by atoms with Crippen LogP contribution in [0.4, 0.5) is 11.5 Å². The number of carbonyl (C=O) groups excluding carboxylic acids is 3. The average molecular weight is 619 g/mol. The van der Waals surface area contributed by atoms with E-state index in [2.05, 4.69) is 15.6 Å². The number of aromatic nitrogens is 1. The highest BCUT2D eigenvalue weighted by Gasteiger charge is 2.36. The van der Waals surface area contributed by atoms with Crippen LogP contribution >= 0.6 is 11.6 Å². The van der Waals surface area contributed by atoms with Crippen LogP contribution in [-0.4, -0.2) is 58.7 Å². The molecule has 3 amide bonds. The summed E-state index contributed by atoms with van der Waals surface area (Å²) < 4.78 is 0. The minimum Gasteiger partial charge on any atom is -0.351 e. The number of piperidine rings is 1. The fourth-order valence-corrected chi connectivity index (χ4v) is 6.22. The van der Waals surface area contributed by atoms with E-state index < -0.39 is 11.9 Å². The maximum absolute atomic E-state index is 13.0. The zero-order valence-corrected chi connectivity index (χ0v) is 25.3. The van der Waals surface area contributed by atoms with Crippen LogP contribution in [0.25, 0.3) is 11.1 Å². The molecule has 0 spiro atoms. The first-order valence-corrected chi connectivity index (χ1v) is 15.2. The number of nitrogens with zero attached hydrogens (tertiary/aromatic N) is 4. The number of nitrogens with one attached hydrogen (secondary N) is 2. The molecule has 1 fully saturated rings. The van der Waals surface area contributed by atoms with Crippen LogP contribution in [0.2, 0.25) is 5.02 Å². The third-order valence-electron chi connectivity index (χ3n) is 8.32. The molecule has 1 aromatic heterocycles. The Morgan fingerprint density at radius 3 is 2.68 bits per heavy atom. The molecule has 1 atom stereocenters. The number of benzene rings is 2. The van der Waals surface area contributed by atoms with Crippen LogP contribution in [0.1, 0.15) is 54.1 Å². The summed E-state index contributed by atoms with van der Waals surface area (Å²) in [6.07, 6.45) is 4.94. The first kappa shape index (κ1) is 31.1. The summed E-state index contributed by atoms with van der Waals surface area (Å²) in [6.45, 7) is 5.03. The summed E-state index contributed by atoms with van der Waals surface area (Å²) in [5, 5.41) is 18.2. The molecule has 11 nitrogen and oxygen atoms in total. The average Bonchev–Trinajstić information content (AvgIpc) is 3.35. The van der Waals surface area contributed by atoms with Crippen molar-refractivity contribution in [3.63, 3.8) is 0 Å². The van der Waals surface area contributed by atoms with Crippen molar-refractivity contribution in [3.05, 3.63) is 86.6 Å². The van der Waals surface area contributed by atoms with Gasteiger partial charge in [0, 0.05) is 54.6 Å². The molecule has 0 bridgehead atoms. The van der Waals surface area contributed by atoms with E-state index in [-0.39, 0.29) is 16.5 Å². The molecule has 1 saturated heterocycles. The monoisotopic (exact) mass is 618 g/mol. The molecule has 0 saturated carbocycles. The van der Waals surface area contributed by atoms with Crippen LogP contribution < -0.4 is 15.5 Å². The van der Waals surface area contributed by atoms with Gasteiger partial charge in [-0.1, -0.05) is 49.2 Å². The van der Waals surface area contributed by atoms with E-state index in [1.54, 1.807) is 35.4 Å². The summed E-state index contributed by atoms with van der Waals surface area (Å²) in [4.78, 5) is 55.8. The zero-order chi connectivity index (χ0) is 31.2. The zero-order valence-electron chi connectivity index (χ0n) is 24.5. The Bertz CT molecular complexity index is 1560. The second-order valence-corrected chi connectivity index (χ2v) is 11.7. The van der Waals surface area contributed by atoms with Gasteiger partial charge in [0.1, 0.15) is 6.04 Å². The summed E-state index contributed by atoms with van der Waals surface area (Å²) in [7, 11) is 0. The largest absolute Gasteiger partial charge is 0.351 e. The van der Waals surface area contributed by atoms with Gasteiger partial charge in [-0.3, -0.25) is 29.8 Å². The number of halogens is 1. The van der Waals surface area contributed by atoms with Crippen LogP contribution in [0.3, 0.4) is 0 Å². The Balaban J connectivity index is 1.15. The number of nitro groups is 1. The van der Waals surface area contributed by atoms with Gasteiger partial charge in [0.2, 0.25) is 18.1 Å². The van der Waals surface area contributed by atoms with Gasteiger partial charge in [-0.25, -0.2) is 4.98 Å². The number of rotatable bonds is 12. The summed E-state index contributed by atoms with van der Waals surface area (Å²) in [5.74, 6) is 0.142. The quantitative estimate of drug-likeness (QED) is 0.169. The minimum atomic E-state index is -0.685. The maximum Gasteiger partial charge on any atom is 0.312 e. The summed E-state index contributed by atoms with van der Waals surface area (Å²) in [6, 6.07) is 13.8. The van der Waals surface area contributed by atoms with E-state index in [1.165, 1.54) is 0 Å². The van der Waals surface area contributed by atoms with Crippen molar-refractivity contribution >= 4 is 41.3 Å². The van der Waals surface area contributed by atoms with Crippen LogP contribution in [0, 0.1) is 16.0 Å². The Labute approximate surface area is 260 Å². The third-order valence-corrected chi connectivity index (χ3v) is 8.56. The maximum atomic E-state index is 13.0. The lowest BCUT2D eigenvalue weighted by Crippen LogP contribution is -2.46. The smallest absolute Gasteiger partial charge is 0.312 e. The molecule has 12 heteroatoms.